The number of rotatable bonds is 4. The zero-order valence-corrected chi connectivity index (χ0v) is 22.3. The maximum absolute atomic E-state index is 9.96. The third kappa shape index (κ3) is 4.60. The fourth-order valence-corrected chi connectivity index (χ4v) is 4.97. The highest BCUT2D eigenvalue weighted by Gasteiger charge is 2.24. The molecule has 0 spiro atoms. The van der Waals surface area contributed by atoms with Crippen LogP contribution in [-0.4, -0.2) is 77.6 Å². The number of nitrogens with one attached hydrogen (secondary N) is 2. The molecule has 11 nitrogen and oxygen atoms in total. The number of anilines is 1. The monoisotopic (exact) mass is 505 g/mol. The van der Waals surface area contributed by atoms with Crippen LogP contribution in [-0.2, 0) is 13.6 Å². The van der Waals surface area contributed by atoms with Gasteiger partial charge < -0.3 is 15.2 Å². The van der Waals surface area contributed by atoms with E-state index in [-0.39, 0.29) is 18.8 Å². The van der Waals surface area contributed by atoms with E-state index in [1.165, 1.54) is 0 Å². The minimum Gasteiger partial charge on any atom is -0.473 e. The zero-order valence-electron chi connectivity index (χ0n) is 22.3. The fraction of sp³-hybridized carbons (Fsp3) is 0.462. The standard InChI is InChI=1S/C26H35N9O2/c1-7-27-25-18-8-9-20-19-10-21(28-11-22(19)30-29-20)24-17(4)31-34(6)26(24)37-16(3)12-33(5)13-23(18)35(32-25)15(2)14-36/h8-11,15-16,36H,7,12-14H2,1-6H3,(H,27,32)(H,29,30)/b9-8+/t15-,16-/m0/s1. The molecule has 4 aromatic rings. The minimum absolute atomic E-state index is 0.00494. The second-order valence-corrected chi connectivity index (χ2v) is 9.79. The van der Waals surface area contributed by atoms with Crippen molar-refractivity contribution in [3.05, 3.63) is 34.9 Å². The van der Waals surface area contributed by atoms with Crippen molar-refractivity contribution in [1.29, 1.82) is 0 Å². The van der Waals surface area contributed by atoms with Crippen LogP contribution in [0.1, 0.15) is 49.5 Å². The molecule has 5 heterocycles. The van der Waals surface area contributed by atoms with Crippen molar-refractivity contribution in [2.75, 3.05) is 32.1 Å². The maximum atomic E-state index is 9.96. The van der Waals surface area contributed by atoms with Crippen molar-refractivity contribution >= 4 is 28.9 Å². The Bertz CT molecular complexity index is 1450. The van der Waals surface area contributed by atoms with Crippen LogP contribution in [0.25, 0.3) is 34.3 Å². The molecular formula is C26H35N9O2. The van der Waals surface area contributed by atoms with Gasteiger partial charge in [0.2, 0.25) is 5.88 Å². The molecule has 0 aliphatic carbocycles. The Labute approximate surface area is 216 Å². The Balaban J connectivity index is 1.72. The molecule has 2 atom stereocenters. The van der Waals surface area contributed by atoms with E-state index in [9.17, 15) is 5.11 Å². The summed E-state index contributed by atoms with van der Waals surface area (Å²) in [5, 5.41) is 31.4. The van der Waals surface area contributed by atoms with Crippen molar-refractivity contribution in [2.24, 2.45) is 7.05 Å². The highest BCUT2D eigenvalue weighted by atomic mass is 16.5. The van der Waals surface area contributed by atoms with E-state index in [2.05, 4.69) is 45.6 Å². The minimum atomic E-state index is -0.168. The lowest BCUT2D eigenvalue weighted by molar-refractivity contribution is 0.145. The average molecular weight is 506 g/mol. The van der Waals surface area contributed by atoms with E-state index in [1.807, 2.05) is 44.6 Å². The van der Waals surface area contributed by atoms with Gasteiger partial charge in [0.1, 0.15) is 6.10 Å². The predicted molar refractivity (Wildman–Crippen MR) is 144 cm³/mol. The number of hydrogen-bond acceptors (Lipinski definition) is 8. The number of nitrogens with zero attached hydrogens (tertiary/aromatic N) is 7. The molecular weight excluding hydrogens is 470 g/mol. The Morgan fingerprint density at radius 1 is 1.27 bits per heavy atom. The number of aliphatic hydroxyl groups is 1. The van der Waals surface area contributed by atoms with Crippen molar-refractivity contribution in [3.8, 4) is 17.1 Å². The lowest BCUT2D eigenvalue weighted by Gasteiger charge is -2.24. The molecule has 0 saturated heterocycles. The predicted octanol–water partition coefficient (Wildman–Crippen LogP) is 3.23. The molecule has 0 aromatic carbocycles. The van der Waals surface area contributed by atoms with Crippen molar-refractivity contribution in [2.45, 2.75) is 46.4 Å². The van der Waals surface area contributed by atoms with Crippen LogP contribution in [0.2, 0.25) is 0 Å². The number of aliphatic hydroxyl groups excluding tert-OH is 1. The second-order valence-electron chi connectivity index (χ2n) is 9.79. The molecule has 37 heavy (non-hydrogen) atoms. The maximum Gasteiger partial charge on any atom is 0.221 e. The van der Waals surface area contributed by atoms with Crippen LogP contribution in [0.4, 0.5) is 5.82 Å². The number of aromatic nitrogens is 7. The summed E-state index contributed by atoms with van der Waals surface area (Å²) in [4.78, 5) is 6.92. The van der Waals surface area contributed by atoms with Gasteiger partial charge in [0.15, 0.2) is 5.82 Å². The molecule has 0 saturated carbocycles. The van der Waals surface area contributed by atoms with Gasteiger partial charge in [-0.3, -0.25) is 19.7 Å². The third-order valence-electron chi connectivity index (χ3n) is 6.69. The molecule has 0 amide bonds. The number of hydrogen-bond donors (Lipinski definition) is 3. The molecule has 1 aliphatic rings. The van der Waals surface area contributed by atoms with Crippen LogP contribution in [0.15, 0.2) is 12.3 Å². The van der Waals surface area contributed by atoms with E-state index in [0.29, 0.717) is 19.0 Å². The summed E-state index contributed by atoms with van der Waals surface area (Å²) in [5.74, 6) is 1.47. The van der Waals surface area contributed by atoms with Gasteiger partial charge in [-0.1, -0.05) is 0 Å². The molecule has 11 heteroatoms. The molecule has 0 unspecified atom stereocenters. The first-order valence-corrected chi connectivity index (χ1v) is 12.7. The third-order valence-corrected chi connectivity index (χ3v) is 6.69. The smallest absolute Gasteiger partial charge is 0.221 e. The van der Waals surface area contributed by atoms with Gasteiger partial charge in [0.05, 0.1) is 52.7 Å². The molecule has 0 radical (unpaired) electrons. The molecule has 0 fully saturated rings. The summed E-state index contributed by atoms with van der Waals surface area (Å²) in [5.41, 5.74) is 6.17. The van der Waals surface area contributed by atoms with Crippen LogP contribution in [0.5, 0.6) is 5.88 Å². The van der Waals surface area contributed by atoms with Gasteiger partial charge in [-0.15, -0.1) is 0 Å². The summed E-state index contributed by atoms with van der Waals surface area (Å²) < 4.78 is 10.2. The first kappa shape index (κ1) is 25.0. The van der Waals surface area contributed by atoms with E-state index in [1.54, 1.807) is 10.9 Å². The largest absolute Gasteiger partial charge is 0.473 e. The highest BCUT2D eigenvalue weighted by molar-refractivity contribution is 5.92. The molecule has 4 aromatic heterocycles. The Hall–Kier alpha value is -3.70. The average Bonchev–Trinajstić information content (AvgIpc) is 3.50. The van der Waals surface area contributed by atoms with Crippen molar-refractivity contribution in [3.63, 3.8) is 0 Å². The van der Waals surface area contributed by atoms with E-state index >= 15 is 0 Å². The zero-order chi connectivity index (χ0) is 26.3. The lowest BCUT2D eigenvalue weighted by Crippen LogP contribution is -2.32. The SMILES string of the molecule is CCNc1nn([C@@H](C)CO)c2c1/C=C/c1n[nH]c3cnc(cc13)-c1c(C)nn(C)c1O[C@@H](C)CN(C)C2. The van der Waals surface area contributed by atoms with E-state index < -0.39 is 0 Å². The van der Waals surface area contributed by atoms with E-state index in [4.69, 9.17) is 14.8 Å². The van der Waals surface area contributed by atoms with Gasteiger partial charge in [-0.25, -0.2) is 4.68 Å². The quantitative estimate of drug-likeness (QED) is 0.386. The summed E-state index contributed by atoms with van der Waals surface area (Å²) in [6.45, 7) is 10.1. The number of ether oxygens (including phenoxy) is 1. The van der Waals surface area contributed by atoms with Crippen molar-refractivity contribution < 1.29 is 9.84 Å². The molecule has 5 rings (SSSR count). The van der Waals surface area contributed by atoms with Crippen molar-refractivity contribution in [1.82, 2.24) is 39.6 Å². The van der Waals surface area contributed by atoms with E-state index in [0.717, 1.165) is 57.2 Å². The summed E-state index contributed by atoms with van der Waals surface area (Å²) in [6, 6.07) is 1.87. The first-order valence-electron chi connectivity index (χ1n) is 12.7. The molecule has 3 N–H and O–H groups in total. The van der Waals surface area contributed by atoms with Gasteiger partial charge in [-0.05, 0) is 53.0 Å². The first-order chi connectivity index (χ1) is 17.8. The number of pyridine rings is 1. The van der Waals surface area contributed by atoms with Crippen LogP contribution in [0, 0.1) is 6.92 Å². The van der Waals surface area contributed by atoms with Crippen LogP contribution >= 0.6 is 0 Å². The van der Waals surface area contributed by atoms with Gasteiger partial charge in [0.25, 0.3) is 0 Å². The summed E-state index contributed by atoms with van der Waals surface area (Å²) >= 11 is 0. The Kier molecular flexibility index (Phi) is 6.74. The number of aromatic amines is 1. The van der Waals surface area contributed by atoms with Gasteiger partial charge in [0, 0.05) is 37.6 Å². The van der Waals surface area contributed by atoms with Gasteiger partial charge in [-0.2, -0.15) is 15.3 Å². The number of fused-ring (bicyclic) bond motifs is 4. The number of likely N-dealkylation sites (N-methyl/N-ethyl adjacent to an activating group) is 1. The van der Waals surface area contributed by atoms with Crippen LogP contribution < -0.4 is 10.1 Å². The Morgan fingerprint density at radius 2 is 2.08 bits per heavy atom. The van der Waals surface area contributed by atoms with Gasteiger partial charge >= 0.3 is 0 Å². The molecule has 1 aliphatic heterocycles. The Morgan fingerprint density at radius 3 is 2.84 bits per heavy atom. The molecule has 2 bridgehead atoms. The summed E-state index contributed by atoms with van der Waals surface area (Å²) in [6.07, 6.45) is 5.76. The topological polar surface area (TPSA) is 122 Å². The normalized spacial score (nSPS) is 18.1. The fourth-order valence-electron chi connectivity index (χ4n) is 4.97. The lowest BCUT2D eigenvalue weighted by atomic mass is 10.1. The molecule has 196 valence electrons. The second kappa shape index (κ2) is 9.98. The van der Waals surface area contributed by atoms with Crippen LogP contribution in [0.3, 0.4) is 0 Å². The number of aryl methyl sites for hydroxylation is 2. The number of H-pyrrole nitrogens is 1. The summed E-state index contributed by atoms with van der Waals surface area (Å²) in [7, 11) is 3.96. The highest BCUT2D eigenvalue weighted by Crippen LogP contribution is 2.35.